The van der Waals surface area contributed by atoms with Crippen molar-refractivity contribution in [2.24, 2.45) is 10.7 Å². The molecule has 0 aliphatic carbocycles. The fourth-order valence-electron chi connectivity index (χ4n) is 2.55. The molecular formula is C16H24F3IN4O. The van der Waals surface area contributed by atoms with Gasteiger partial charge in [-0.15, -0.1) is 37.1 Å². The van der Waals surface area contributed by atoms with Crippen LogP contribution in [0.25, 0.3) is 0 Å². The van der Waals surface area contributed by atoms with Crippen LogP contribution in [0, 0.1) is 0 Å². The number of guanidine groups is 1. The molecule has 142 valence electrons. The van der Waals surface area contributed by atoms with Gasteiger partial charge < -0.3 is 20.7 Å². The summed E-state index contributed by atoms with van der Waals surface area (Å²) >= 11 is 0. The highest BCUT2D eigenvalue weighted by Gasteiger charge is 2.30. The molecule has 0 unspecified atom stereocenters. The number of nitrogens with two attached hydrogens (primary N) is 1. The molecule has 1 fully saturated rings. The first-order valence-corrected chi connectivity index (χ1v) is 8.03. The lowest BCUT2D eigenvalue weighted by atomic mass is 10.2. The summed E-state index contributed by atoms with van der Waals surface area (Å²) in [4.78, 5) is 6.60. The monoisotopic (exact) mass is 472 g/mol. The normalized spacial score (nSPS) is 15.7. The highest BCUT2D eigenvalue weighted by Crippen LogP contribution is 2.22. The molecule has 0 amide bonds. The van der Waals surface area contributed by atoms with Gasteiger partial charge >= 0.3 is 6.36 Å². The van der Waals surface area contributed by atoms with Crippen LogP contribution in [0.2, 0.25) is 0 Å². The van der Waals surface area contributed by atoms with Crippen molar-refractivity contribution in [2.75, 3.05) is 26.2 Å². The fraction of sp³-hybridized carbons (Fsp3) is 0.562. The topological polar surface area (TPSA) is 62.9 Å². The average molecular weight is 472 g/mol. The van der Waals surface area contributed by atoms with Crippen LogP contribution >= 0.6 is 24.0 Å². The molecule has 0 radical (unpaired) electrons. The number of likely N-dealkylation sites (tertiary alicyclic amines) is 1. The second-order valence-electron chi connectivity index (χ2n) is 5.72. The average Bonchev–Trinajstić information content (AvgIpc) is 3.03. The van der Waals surface area contributed by atoms with E-state index >= 15 is 0 Å². The molecule has 1 saturated heterocycles. The lowest BCUT2D eigenvalue weighted by Crippen LogP contribution is -2.34. The smallest absolute Gasteiger partial charge is 0.406 e. The van der Waals surface area contributed by atoms with E-state index in [9.17, 15) is 13.2 Å². The number of rotatable bonds is 7. The first kappa shape index (κ1) is 21.8. The minimum Gasteiger partial charge on any atom is -0.406 e. The molecular weight excluding hydrogens is 448 g/mol. The summed E-state index contributed by atoms with van der Waals surface area (Å²) in [5, 5.41) is 3.05. The largest absolute Gasteiger partial charge is 0.573 e. The van der Waals surface area contributed by atoms with E-state index in [1.165, 1.54) is 50.2 Å². The Morgan fingerprint density at radius 1 is 1.20 bits per heavy atom. The molecule has 0 saturated carbocycles. The molecule has 25 heavy (non-hydrogen) atoms. The number of hydrogen-bond acceptors (Lipinski definition) is 3. The van der Waals surface area contributed by atoms with E-state index in [2.05, 4.69) is 19.9 Å². The Labute approximate surface area is 162 Å². The Balaban J connectivity index is 0.00000312. The van der Waals surface area contributed by atoms with Crippen LogP contribution in [0.3, 0.4) is 0 Å². The van der Waals surface area contributed by atoms with Crippen LogP contribution in [0.1, 0.15) is 24.8 Å². The molecule has 0 atom stereocenters. The second kappa shape index (κ2) is 10.7. The van der Waals surface area contributed by atoms with Crippen molar-refractivity contribution in [3.05, 3.63) is 29.8 Å². The van der Waals surface area contributed by atoms with Gasteiger partial charge in [-0.25, -0.2) is 4.99 Å². The fourth-order valence-corrected chi connectivity index (χ4v) is 2.55. The van der Waals surface area contributed by atoms with Crippen LogP contribution in [-0.4, -0.2) is 43.4 Å². The molecule has 3 N–H and O–H groups in total. The minimum absolute atomic E-state index is 0. The molecule has 5 nitrogen and oxygen atoms in total. The summed E-state index contributed by atoms with van der Waals surface area (Å²) in [6.07, 6.45) is -1.11. The van der Waals surface area contributed by atoms with E-state index in [-0.39, 0.29) is 29.7 Å². The van der Waals surface area contributed by atoms with Gasteiger partial charge in [0.25, 0.3) is 0 Å². The van der Waals surface area contributed by atoms with E-state index in [0.717, 1.165) is 25.1 Å². The van der Waals surface area contributed by atoms with Crippen LogP contribution < -0.4 is 15.8 Å². The molecule has 0 spiro atoms. The third kappa shape index (κ3) is 9.15. The lowest BCUT2D eigenvalue weighted by molar-refractivity contribution is -0.274. The number of hydrogen-bond donors (Lipinski definition) is 2. The summed E-state index contributed by atoms with van der Waals surface area (Å²) in [5.74, 6) is 0.0929. The first-order valence-electron chi connectivity index (χ1n) is 8.03. The predicted octanol–water partition coefficient (Wildman–Crippen LogP) is 3.09. The molecule has 9 heteroatoms. The SMILES string of the molecule is I.NC(=NCc1ccc(OC(F)(F)F)cc1)NCCCN1CCCC1. The van der Waals surface area contributed by atoms with Gasteiger partial charge in [-0.1, -0.05) is 12.1 Å². The van der Waals surface area contributed by atoms with Crippen molar-refractivity contribution < 1.29 is 17.9 Å². The Morgan fingerprint density at radius 2 is 1.84 bits per heavy atom. The lowest BCUT2D eigenvalue weighted by Gasteiger charge is -2.14. The zero-order valence-electron chi connectivity index (χ0n) is 13.9. The van der Waals surface area contributed by atoms with Crippen molar-refractivity contribution >= 4 is 29.9 Å². The molecule has 2 rings (SSSR count). The molecule has 1 heterocycles. The number of benzene rings is 1. The number of nitrogens with zero attached hydrogens (tertiary/aromatic N) is 2. The van der Waals surface area contributed by atoms with E-state index in [4.69, 9.17) is 5.73 Å². The van der Waals surface area contributed by atoms with Crippen molar-refractivity contribution in [1.29, 1.82) is 0 Å². The van der Waals surface area contributed by atoms with Crippen molar-refractivity contribution in [3.63, 3.8) is 0 Å². The zero-order valence-corrected chi connectivity index (χ0v) is 16.2. The van der Waals surface area contributed by atoms with Crippen LogP contribution in [-0.2, 0) is 6.54 Å². The third-order valence-electron chi connectivity index (χ3n) is 3.74. The van der Waals surface area contributed by atoms with Gasteiger partial charge in [0, 0.05) is 6.54 Å². The van der Waals surface area contributed by atoms with Gasteiger partial charge in [0.15, 0.2) is 5.96 Å². The Morgan fingerprint density at radius 3 is 2.44 bits per heavy atom. The summed E-state index contributed by atoms with van der Waals surface area (Å²) < 4.78 is 40.0. The van der Waals surface area contributed by atoms with Gasteiger partial charge in [0.2, 0.25) is 0 Å². The molecule has 1 aliphatic rings. The highest BCUT2D eigenvalue weighted by molar-refractivity contribution is 14.0. The maximum Gasteiger partial charge on any atom is 0.573 e. The third-order valence-corrected chi connectivity index (χ3v) is 3.74. The summed E-state index contributed by atoms with van der Waals surface area (Å²) in [6, 6.07) is 5.59. The van der Waals surface area contributed by atoms with E-state index in [1.54, 1.807) is 0 Å². The van der Waals surface area contributed by atoms with Crippen LogP contribution in [0.4, 0.5) is 13.2 Å². The summed E-state index contributed by atoms with van der Waals surface area (Å²) in [6.45, 7) is 4.47. The van der Waals surface area contributed by atoms with Crippen molar-refractivity contribution in [2.45, 2.75) is 32.2 Å². The molecule has 1 aromatic carbocycles. The second-order valence-corrected chi connectivity index (χ2v) is 5.72. The number of ether oxygens (including phenoxy) is 1. The van der Waals surface area contributed by atoms with Gasteiger partial charge in [-0.05, 0) is 56.6 Å². The summed E-state index contributed by atoms with van der Waals surface area (Å²) in [5.41, 5.74) is 6.54. The minimum atomic E-state index is -4.68. The molecule has 1 aliphatic heterocycles. The zero-order chi connectivity index (χ0) is 17.4. The van der Waals surface area contributed by atoms with E-state index in [1.807, 2.05) is 0 Å². The van der Waals surface area contributed by atoms with Crippen LogP contribution in [0.5, 0.6) is 5.75 Å². The quantitative estimate of drug-likeness (QED) is 0.277. The van der Waals surface area contributed by atoms with Crippen LogP contribution in [0.15, 0.2) is 29.3 Å². The number of halogens is 4. The highest BCUT2D eigenvalue weighted by atomic mass is 127. The van der Waals surface area contributed by atoms with Gasteiger partial charge in [-0.3, -0.25) is 0 Å². The molecule has 1 aromatic rings. The van der Waals surface area contributed by atoms with Gasteiger partial charge in [-0.2, -0.15) is 0 Å². The van der Waals surface area contributed by atoms with Gasteiger partial charge in [0.05, 0.1) is 6.54 Å². The summed E-state index contributed by atoms with van der Waals surface area (Å²) in [7, 11) is 0. The number of alkyl halides is 3. The van der Waals surface area contributed by atoms with E-state index < -0.39 is 6.36 Å². The Bertz CT molecular complexity index is 531. The van der Waals surface area contributed by atoms with E-state index in [0.29, 0.717) is 12.5 Å². The van der Waals surface area contributed by atoms with Crippen molar-refractivity contribution in [1.82, 2.24) is 10.2 Å². The standard InChI is InChI=1S/C16H23F3N4O.HI/c17-16(18,19)24-14-6-4-13(5-7-14)12-22-15(20)21-8-3-11-23-9-1-2-10-23;/h4-7H,1-3,8-12H2,(H3,20,21,22);1H. The molecule has 0 aromatic heterocycles. The maximum atomic E-state index is 12.1. The Hall–Kier alpha value is -1.23. The maximum absolute atomic E-state index is 12.1. The number of aliphatic imine (C=N–C) groups is 1. The Kier molecular flexibility index (Phi) is 9.33. The number of nitrogens with one attached hydrogen (secondary N) is 1. The predicted molar refractivity (Wildman–Crippen MR) is 102 cm³/mol. The van der Waals surface area contributed by atoms with Gasteiger partial charge in [0.1, 0.15) is 5.75 Å². The first-order chi connectivity index (χ1) is 11.4. The molecule has 0 bridgehead atoms. The van der Waals surface area contributed by atoms with Crippen molar-refractivity contribution in [3.8, 4) is 5.75 Å².